The predicted octanol–water partition coefficient (Wildman–Crippen LogP) is 3.93. The molecule has 0 bridgehead atoms. The summed E-state index contributed by atoms with van der Waals surface area (Å²) in [5, 5.41) is 5.85. The van der Waals surface area contributed by atoms with E-state index in [0.29, 0.717) is 12.4 Å². The monoisotopic (exact) mass is 428 g/mol. The fourth-order valence-corrected chi connectivity index (χ4v) is 4.45. The van der Waals surface area contributed by atoms with Crippen molar-refractivity contribution in [3.05, 3.63) is 83.6 Å². The van der Waals surface area contributed by atoms with Crippen molar-refractivity contribution in [1.29, 1.82) is 0 Å². The number of fused-ring (bicyclic) bond motifs is 1. The molecular formula is C24H20N4O2S. The van der Waals surface area contributed by atoms with Gasteiger partial charge in [-0.15, -0.1) is 11.3 Å². The van der Waals surface area contributed by atoms with E-state index >= 15 is 0 Å². The molecule has 7 heteroatoms. The molecule has 6 nitrogen and oxygen atoms in total. The number of nitrogens with zero attached hydrogens (tertiary/aromatic N) is 3. The molecule has 1 aliphatic rings. The van der Waals surface area contributed by atoms with Gasteiger partial charge in [-0.05, 0) is 17.7 Å². The van der Waals surface area contributed by atoms with Crippen LogP contribution in [0, 0.1) is 0 Å². The van der Waals surface area contributed by atoms with Gasteiger partial charge in [0.05, 0.1) is 24.2 Å². The number of ether oxygens (including phenoxy) is 1. The Morgan fingerprint density at radius 2 is 1.90 bits per heavy atom. The maximum Gasteiger partial charge on any atom is 0.226 e. The highest BCUT2D eigenvalue weighted by atomic mass is 32.1. The van der Waals surface area contributed by atoms with E-state index in [1.165, 1.54) is 0 Å². The van der Waals surface area contributed by atoms with Crippen molar-refractivity contribution in [2.75, 3.05) is 6.54 Å². The number of amides is 1. The van der Waals surface area contributed by atoms with Crippen molar-refractivity contribution in [3.63, 3.8) is 0 Å². The van der Waals surface area contributed by atoms with Crippen LogP contribution < -0.4 is 10.1 Å². The van der Waals surface area contributed by atoms with Gasteiger partial charge in [-0.3, -0.25) is 4.79 Å². The Morgan fingerprint density at radius 3 is 2.74 bits per heavy atom. The second kappa shape index (κ2) is 8.65. The van der Waals surface area contributed by atoms with Crippen molar-refractivity contribution in [2.45, 2.75) is 18.9 Å². The second-order valence-corrected chi connectivity index (χ2v) is 8.16. The van der Waals surface area contributed by atoms with Crippen LogP contribution in [-0.2, 0) is 17.6 Å². The Hall–Kier alpha value is -3.58. The van der Waals surface area contributed by atoms with Crippen molar-refractivity contribution < 1.29 is 9.53 Å². The first-order chi connectivity index (χ1) is 15.3. The first-order valence-corrected chi connectivity index (χ1v) is 11.0. The fourth-order valence-electron chi connectivity index (χ4n) is 3.62. The van der Waals surface area contributed by atoms with Gasteiger partial charge >= 0.3 is 0 Å². The van der Waals surface area contributed by atoms with E-state index in [4.69, 9.17) is 4.74 Å². The van der Waals surface area contributed by atoms with Crippen molar-refractivity contribution >= 4 is 17.2 Å². The molecule has 31 heavy (non-hydrogen) atoms. The summed E-state index contributed by atoms with van der Waals surface area (Å²) in [6.45, 7) is 0.443. The van der Waals surface area contributed by atoms with Crippen LogP contribution in [0.1, 0.15) is 11.3 Å². The highest BCUT2D eigenvalue weighted by Gasteiger charge is 2.26. The fraction of sp³-hybridized carbons (Fsp3) is 0.167. The number of rotatable bonds is 6. The van der Waals surface area contributed by atoms with Gasteiger partial charge in [-0.2, -0.15) is 0 Å². The molecule has 1 amide bonds. The van der Waals surface area contributed by atoms with Crippen LogP contribution in [0.25, 0.3) is 22.0 Å². The quantitative estimate of drug-likeness (QED) is 0.504. The minimum atomic E-state index is -0.112. The minimum Gasteiger partial charge on any atom is -0.487 e. The molecule has 0 fully saturated rings. The Labute approximate surface area is 184 Å². The number of carbonyl (C=O) groups is 1. The molecule has 3 heterocycles. The average Bonchev–Trinajstić information content (AvgIpc) is 3.45. The van der Waals surface area contributed by atoms with Crippen LogP contribution in [0.4, 0.5) is 0 Å². The summed E-state index contributed by atoms with van der Waals surface area (Å²) in [6, 6.07) is 17.8. The molecule has 2 aromatic carbocycles. The molecule has 1 N–H and O–H groups in total. The number of hydrogen-bond acceptors (Lipinski definition) is 6. The number of para-hydroxylation sites is 1. The van der Waals surface area contributed by atoms with E-state index in [0.717, 1.165) is 39.6 Å². The maximum absolute atomic E-state index is 12.5. The van der Waals surface area contributed by atoms with Gasteiger partial charge in [-0.1, -0.05) is 42.5 Å². The standard InChI is InChI=1S/C24H20N4O2S/c29-21(13-18-15-31-24(28-18)16-6-2-1-3-7-16)27-14-19-12-17-8-4-9-20(22(17)30-19)23-25-10-5-11-26-23/h1-11,15,19H,12-14H2,(H,27,29)/t19-/m1/s1. The van der Waals surface area contributed by atoms with Crippen LogP contribution in [-0.4, -0.2) is 33.5 Å². The van der Waals surface area contributed by atoms with Crippen LogP contribution in [0.15, 0.2) is 72.4 Å². The zero-order chi connectivity index (χ0) is 21.0. The van der Waals surface area contributed by atoms with E-state index in [9.17, 15) is 4.79 Å². The van der Waals surface area contributed by atoms with Crippen LogP contribution in [0.3, 0.4) is 0 Å². The summed E-state index contributed by atoms with van der Waals surface area (Å²) in [6.07, 6.45) is 4.32. The average molecular weight is 429 g/mol. The molecular weight excluding hydrogens is 408 g/mol. The molecule has 0 spiro atoms. The molecule has 0 aliphatic carbocycles. The Morgan fingerprint density at radius 1 is 1.06 bits per heavy atom. The van der Waals surface area contributed by atoms with Gasteiger partial charge in [-0.25, -0.2) is 15.0 Å². The third kappa shape index (κ3) is 4.32. The first-order valence-electron chi connectivity index (χ1n) is 10.1. The van der Waals surface area contributed by atoms with Crippen LogP contribution in [0.2, 0.25) is 0 Å². The largest absolute Gasteiger partial charge is 0.487 e. The summed E-state index contributed by atoms with van der Waals surface area (Å²) >= 11 is 1.55. The van der Waals surface area contributed by atoms with Crippen molar-refractivity contribution in [3.8, 4) is 27.7 Å². The van der Waals surface area contributed by atoms with Gasteiger partial charge in [0.2, 0.25) is 5.91 Å². The lowest BCUT2D eigenvalue weighted by molar-refractivity contribution is -0.120. The topological polar surface area (TPSA) is 77.0 Å². The third-order valence-electron chi connectivity index (χ3n) is 5.08. The number of nitrogens with one attached hydrogen (secondary N) is 1. The Bertz CT molecular complexity index is 1190. The van der Waals surface area contributed by atoms with Gasteiger partial charge in [0.1, 0.15) is 16.9 Å². The molecule has 1 aliphatic heterocycles. The van der Waals surface area contributed by atoms with E-state index in [1.54, 1.807) is 29.8 Å². The second-order valence-electron chi connectivity index (χ2n) is 7.30. The summed E-state index contributed by atoms with van der Waals surface area (Å²) < 4.78 is 6.15. The highest BCUT2D eigenvalue weighted by Crippen LogP contribution is 2.37. The molecule has 0 saturated heterocycles. The lowest BCUT2D eigenvalue weighted by Gasteiger charge is -2.13. The van der Waals surface area contributed by atoms with E-state index in [2.05, 4.69) is 20.3 Å². The number of thiazole rings is 1. The highest BCUT2D eigenvalue weighted by molar-refractivity contribution is 7.13. The zero-order valence-electron chi connectivity index (χ0n) is 16.7. The molecule has 0 unspecified atom stereocenters. The zero-order valence-corrected chi connectivity index (χ0v) is 17.5. The number of benzene rings is 2. The van der Waals surface area contributed by atoms with Crippen molar-refractivity contribution in [1.82, 2.24) is 20.3 Å². The van der Waals surface area contributed by atoms with E-state index in [-0.39, 0.29) is 18.4 Å². The summed E-state index contributed by atoms with van der Waals surface area (Å²) in [5.74, 6) is 1.39. The molecule has 5 rings (SSSR count). The Kier molecular flexibility index (Phi) is 5.41. The SMILES string of the molecule is O=C(Cc1csc(-c2ccccc2)n1)NC[C@H]1Cc2cccc(-c3ncccn3)c2O1. The predicted molar refractivity (Wildman–Crippen MR) is 120 cm³/mol. The van der Waals surface area contributed by atoms with Gasteiger partial charge in [0.15, 0.2) is 5.82 Å². The van der Waals surface area contributed by atoms with E-state index in [1.807, 2.05) is 53.9 Å². The normalized spacial score (nSPS) is 14.6. The van der Waals surface area contributed by atoms with Gasteiger partial charge in [0, 0.05) is 29.8 Å². The third-order valence-corrected chi connectivity index (χ3v) is 6.02. The molecule has 4 aromatic rings. The maximum atomic E-state index is 12.5. The smallest absolute Gasteiger partial charge is 0.226 e. The van der Waals surface area contributed by atoms with E-state index < -0.39 is 0 Å². The first kappa shape index (κ1) is 19.4. The molecule has 2 aromatic heterocycles. The summed E-state index contributed by atoms with van der Waals surface area (Å²) in [4.78, 5) is 25.7. The lowest BCUT2D eigenvalue weighted by Crippen LogP contribution is -2.35. The lowest BCUT2D eigenvalue weighted by atomic mass is 10.1. The number of aromatic nitrogens is 3. The van der Waals surface area contributed by atoms with Crippen LogP contribution in [0.5, 0.6) is 5.75 Å². The molecule has 1 atom stereocenters. The number of carbonyl (C=O) groups excluding carboxylic acids is 1. The van der Waals surface area contributed by atoms with Gasteiger partial charge < -0.3 is 10.1 Å². The molecule has 0 saturated carbocycles. The molecule has 0 radical (unpaired) electrons. The van der Waals surface area contributed by atoms with Crippen molar-refractivity contribution in [2.24, 2.45) is 0 Å². The minimum absolute atomic E-state index is 0.0592. The van der Waals surface area contributed by atoms with Crippen LogP contribution >= 0.6 is 11.3 Å². The van der Waals surface area contributed by atoms with Gasteiger partial charge in [0.25, 0.3) is 0 Å². The Balaban J connectivity index is 1.18. The summed E-state index contributed by atoms with van der Waals surface area (Å²) in [7, 11) is 0. The number of hydrogen-bond donors (Lipinski definition) is 1. The molecule has 154 valence electrons. The summed E-state index contributed by atoms with van der Waals surface area (Å²) in [5.41, 5.74) is 3.83.